The normalized spacial score (nSPS) is 12.4. The zero-order chi connectivity index (χ0) is 11.5. The summed E-state index contributed by atoms with van der Waals surface area (Å²) in [5.74, 6) is 0. The Morgan fingerprint density at radius 2 is 2.25 bits per heavy atom. The van der Waals surface area contributed by atoms with Gasteiger partial charge in [0.1, 0.15) is 5.15 Å². The maximum atomic E-state index is 5.87. The molecule has 0 saturated carbocycles. The molecule has 2 rings (SSSR count). The van der Waals surface area contributed by atoms with Crippen molar-refractivity contribution >= 4 is 28.6 Å². The van der Waals surface area contributed by atoms with Gasteiger partial charge >= 0.3 is 0 Å². The molecule has 1 N–H and O–H groups in total. The van der Waals surface area contributed by atoms with Gasteiger partial charge in [-0.05, 0) is 42.5 Å². The topological polar surface area (TPSA) is 24.9 Å². The van der Waals surface area contributed by atoms with Crippen LogP contribution >= 0.6 is 22.9 Å². The fourth-order valence-electron chi connectivity index (χ4n) is 1.51. The Kier molecular flexibility index (Phi) is 3.46. The van der Waals surface area contributed by atoms with E-state index in [0.717, 1.165) is 5.56 Å². The number of nitrogens with one attached hydrogen (secondary N) is 1. The van der Waals surface area contributed by atoms with E-state index in [4.69, 9.17) is 11.6 Å². The second kappa shape index (κ2) is 4.85. The van der Waals surface area contributed by atoms with Gasteiger partial charge < -0.3 is 5.32 Å². The van der Waals surface area contributed by atoms with Crippen LogP contribution in [0.5, 0.6) is 0 Å². The molecule has 0 spiro atoms. The van der Waals surface area contributed by atoms with Gasteiger partial charge in [0.15, 0.2) is 0 Å². The molecule has 0 fully saturated rings. The molecule has 2 nitrogen and oxygen atoms in total. The molecule has 0 aliphatic rings. The van der Waals surface area contributed by atoms with E-state index in [9.17, 15) is 0 Å². The van der Waals surface area contributed by atoms with Gasteiger partial charge in [0.25, 0.3) is 0 Å². The molecule has 2 heterocycles. The van der Waals surface area contributed by atoms with Crippen LogP contribution in [0.1, 0.15) is 24.1 Å². The molecular formula is C12H13ClN2S. The summed E-state index contributed by atoms with van der Waals surface area (Å²) in [6.07, 6.45) is 1.73. The first-order valence-corrected chi connectivity index (χ1v) is 6.39. The number of thiophene rings is 1. The summed E-state index contributed by atoms with van der Waals surface area (Å²) in [5, 5.41) is 8.25. The predicted octanol–water partition coefficient (Wildman–Crippen LogP) is 4.28. The highest BCUT2D eigenvalue weighted by atomic mass is 35.5. The third kappa shape index (κ3) is 2.54. The van der Waals surface area contributed by atoms with Crippen LogP contribution < -0.4 is 5.32 Å². The predicted molar refractivity (Wildman–Crippen MR) is 70.3 cm³/mol. The highest BCUT2D eigenvalue weighted by Gasteiger charge is 2.07. The molecule has 0 saturated heterocycles. The van der Waals surface area contributed by atoms with Crippen molar-refractivity contribution in [2.75, 3.05) is 5.32 Å². The number of halogens is 1. The number of hydrogen-bond donors (Lipinski definition) is 1. The van der Waals surface area contributed by atoms with Crippen LogP contribution in [0.4, 0.5) is 5.69 Å². The van der Waals surface area contributed by atoms with E-state index < -0.39 is 0 Å². The fraction of sp³-hybridized carbons (Fsp3) is 0.250. The van der Waals surface area contributed by atoms with Gasteiger partial charge in [-0.3, -0.25) is 0 Å². The smallest absolute Gasteiger partial charge is 0.129 e. The van der Waals surface area contributed by atoms with Gasteiger partial charge in [-0.25, -0.2) is 4.98 Å². The van der Waals surface area contributed by atoms with E-state index in [-0.39, 0.29) is 6.04 Å². The Bertz CT molecular complexity index is 481. The summed E-state index contributed by atoms with van der Waals surface area (Å²) in [6.45, 7) is 4.22. The molecule has 2 aromatic heterocycles. The molecule has 1 atom stereocenters. The highest BCUT2D eigenvalue weighted by molar-refractivity contribution is 7.08. The Hall–Kier alpha value is -1.06. The van der Waals surface area contributed by atoms with Crippen molar-refractivity contribution in [1.29, 1.82) is 0 Å². The lowest BCUT2D eigenvalue weighted by molar-refractivity contribution is 0.880. The number of rotatable bonds is 3. The Labute approximate surface area is 104 Å². The first-order chi connectivity index (χ1) is 7.66. The average molecular weight is 253 g/mol. The molecule has 0 aromatic carbocycles. The highest BCUT2D eigenvalue weighted by Crippen LogP contribution is 2.25. The van der Waals surface area contributed by atoms with Crippen molar-refractivity contribution in [1.82, 2.24) is 4.98 Å². The second-order valence-electron chi connectivity index (χ2n) is 3.75. The minimum Gasteiger partial charge on any atom is -0.378 e. The molecule has 2 aromatic rings. The van der Waals surface area contributed by atoms with Crippen LogP contribution in [0.2, 0.25) is 5.15 Å². The number of aryl methyl sites for hydroxylation is 1. The molecule has 0 aliphatic heterocycles. The standard InChI is InChI=1S/C12H13ClN2S/c1-8-6-16-7-11(8)15-9(2)10-3-4-14-12(13)5-10/h3-7,9,15H,1-2H3. The van der Waals surface area contributed by atoms with Crippen molar-refractivity contribution in [2.24, 2.45) is 0 Å². The van der Waals surface area contributed by atoms with E-state index in [0.29, 0.717) is 5.15 Å². The Morgan fingerprint density at radius 1 is 1.44 bits per heavy atom. The van der Waals surface area contributed by atoms with Gasteiger partial charge in [-0.1, -0.05) is 11.6 Å². The quantitative estimate of drug-likeness (QED) is 0.825. The largest absolute Gasteiger partial charge is 0.378 e. The molecule has 1 unspecified atom stereocenters. The first-order valence-electron chi connectivity index (χ1n) is 5.07. The fourth-order valence-corrected chi connectivity index (χ4v) is 2.48. The number of nitrogens with zero attached hydrogens (tertiary/aromatic N) is 1. The minimum atomic E-state index is 0.230. The molecule has 0 radical (unpaired) electrons. The molecule has 0 bridgehead atoms. The molecule has 4 heteroatoms. The molecular weight excluding hydrogens is 240 g/mol. The zero-order valence-electron chi connectivity index (χ0n) is 9.20. The summed E-state index contributed by atoms with van der Waals surface area (Å²) in [4.78, 5) is 3.98. The average Bonchev–Trinajstić information content (AvgIpc) is 2.64. The lowest BCUT2D eigenvalue weighted by atomic mass is 10.1. The van der Waals surface area contributed by atoms with Crippen LogP contribution in [-0.4, -0.2) is 4.98 Å². The van der Waals surface area contributed by atoms with E-state index >= 15 is 0 Å². The lowest BCUT2D eigenvalue weighted by Crippen LogP contribution is -2.06. The second-order valence-corrected chi connectivity index (χ2v) is 4.88. The molecule has 0 aliphatic carbocycles. The number of anilines is 1. The van der Waals surface area contributed by atoms with Crippen molar-refractivity contribution in [3.05, 3.63) is 45.4 Å². The Morgan fingerprint density at radius 3 is 2.88 bits per heavy atom. The third-order valence-corrected chi connectivity index (χ3v) is 3.55. The Balaban J connectivity index is 2.14. The van der Waals surface area contributed by atoms with Crippen LogP contribution in [0, 0.1) is 6.92 Å². The summed E-state index contributed by atoms with van der Waals surface area (Å²) < 4.78 is 0. The SMILES string of the molecule is Cc1cscc1NC(C)c1ccnc(Cl)c1. The maximum absolute atomic E-state index is 5.87. The van der Waals surface area contributed by atoms with Gasteiger partial charge in [-0.15, -0.1) is 11.3 Å². The van der Waals surface area contributed by atoms with Crippen molar-refractivity contribution in [3.8, 4) is 0 Å². The summed E-state index contributed by atoms with van der Waals surface area (Å²) in [5.41, 5.74) is 3.60. The third-order valence-electron chi connectivity index (χ3n) is 2.48. The number of aromatic nitrogens is 1. The van der Waals surface area contributed by atoms with Gasteiger partial charge in [0.2, 0.25) is 0 Å². The summed E-state index contributed by atoms with van der Waals surface area (Å²) in [6, 6.07) is 4.10. The minimum absolute atomic E-state index is 0.230. The zero-order valence-corrected chi connectivity index (χ0v) is 10.8. The molecule has 16 heavy (non-hydrogen) atoms. The maximum Gasteiger partial charge on any atom is 0.129 e. The summed E-state index contributed by atoms with van der Waals surface area (Å²) >= 11 is 7.57. The van der Waals surface area contributed by atoms with Crippen LogP contribution in [-0.2, 0) is 0 Å². The van der Waals surface area contributed by atoms with E-state index in [1.807, 2.05) is 12.1 Å². The van der Waals surface area contributed by atoms with Crippen molar-refractivity contribution in [2.45, 2.75) is 19.9 Å². The number of hydrogen-bond acceptors (Lipinski definition) is 3. The van der Waals surface area contributed by atoms with Crippen molar-refractivity contribution in [3.63, 3.8) is 0 Å². The number of pyridine rings is 1. The molecule has 84 valence electrons. The van der Waals surface area contributed by atoms with Gasteiger partial charge in [0.05, 0.1) is 0 Å². The van der Waals surface area contributed by atoms with E-state index in [1.165, 1.54) is 11.3 Å². The van der Waals surface area contributed by atoms with Crippen LogP contribution in [0.25, 0.3) is 0 Å². The monoisotopic (exact) mass is 252 g/mol. The summed E-state index contributed by atoms with van der Waals surface area (Å²) in [7, 11) is 0. The first kappa shape index (κ1) is 11.4. The molecule has 0 amide bonds. The van der Waals surface area contributed by atoms with Gasteiger partial charge in [0, 0.05) is 23.3 Å². The lowest BCUT2D eigenvalue weighted by Gasteiger charge is -2.15. The van der Waals surface area contributed by atoms with Crippen molar-refractivity contribution < 1.29 is 0 Å². The van der Waals surface area contributed by atoms with Crippen LogP contribution in [0.3, 0.4) is 0 Å². The van der Waals surface area contributed by atoms with Gasteiger partial charge in [-0.2, -0.15) is 0 Å². The van der Waals surface area contributed by atoms with E-state index in [1.54, 1.807) is 17.5 Å². The van der Waals surface area contributed by atoms with Crippen LogP contribution in [0.15, 0.2) is 29.1 Å². The van der Waals surface area contributed by atoms with E-state index in [2.05, 4.69) is 34.9 Å².